The second kappa shape index (κ2) is 3.53. The highest BCUT2D eigenvalue weighted by atomic mass is 32.2. The average Bonchev–Trinajstić information content (AvgIpc) is 2.04. The van der Waals surface area contributed by atoms with Crippen molar-refractivity contribution in [1.29, 1.82) is 0 Å². The quantitative estimate of drug-likeness (QED) is 0.597. The molecule has 0 amide bonds. The fourth-order valence-electron chi connectivity index (χ4n) is 1.24. The Morgan fingerprint density at radius 2 is 2.00 bits per heavy atom. The van der Waals surface area contributed by atoms with Crippen LogP contribution < -0.4 is 11.5 Å². The van der Waals surface area contributed by atoms with Gasteiger partial charge in [-0.15, -0.1) is 0 Å². The summed E-state index contributed by atoms with van der Waals surface area (Å²) in [6, 6.07) is 0. The fourth-order valence-corrected chi connectivity index (χ4v) is 2.56. The summed E-state index contributed by atoms with van der Waals surface area (Å²) in [5.41, 5.74) is 9.89. The summed E-state index contributed by atoms with van der Waals surface area (Å²) in [6.07, 6.45) is 2.24. The molecule has 1 fully saturated rings. The van der Waals surface area contributed by atoms with Gasteiger partial charge < -0.3 is 16.2 Å². The van der Waals surface area contributed by atoms with Gasteiger partial charge in [-0.1, -0.05) is 0 Å². The van der Waals surface area contributed by atoms with Crippen LogP contribution in [0, 0.1) is 0 Å². The highest BCUT2D eigenvalue weighted by molar-refractivity contribution is 7.93. The van der Waals surface area contributed by atoms with E-state index in [1.54, 1.807) is 0 Å². The third-order valence-electron chi connectivity index (χ3n) is 2.10. The maximum atomic E-state index is 11.6. The highest BCUT2D eigenvalue weighted by Gasteiger charge is 2.39. The minimum absolute atomic E-state index is 0.472. The van der Waals surface area contributed by atoms with E-state index in [2.05, 4.69) is 0 Å². The molecule has 0 saturated carbocycles. The molecule has 5 nitrogen and oxygen atoms in total. The molecule has 6 heteroatoms. The van der Waals surface area contributed by atoms with E-state index in [1.807, 2.05) is 0 Å². The number of hydrogen-bond donors (Lipinski definition) is 2. The molecule has 0 radical (unpaired) electrons. The van der Waals surface area contributed by atoms with Crippen LogP contribution in [0.1, 0.15) is 26.2 Å². The summed E-state index contributed by atoms with van der Waals surface area (Å²) in [5.74, 6) is 0. The molecule has 4 N–H and O–H groups in total. The maximum absolute atomic E-state index is 11.6. The largest absolute Gasteiger partial charge is 0.362 e. The zero-order valence-corrected chi connectivity index (χ0v) is 8.51. The van der Waals surface area contributed by atoms with Crippen LogP contribution in [0.15, 0.2) is 0 Å². The summed E-state index contributed by atoms with van der Waals surface area (Å²) in [7, 11) is -3.57. The summed E-state index contributed by atoms with van der Waals surface area (Å²) < 4.78 is 28.4. The zero-order valence-electron chi connectivity index (χ0n) is 7.69. The maximum Gasteiger partial charge on any atom is 0.208 e. The Labute approximate surface area is 78.3 Å². The van der Waals surface area contributed by atoms with E-state index in [0.717, 1.165) is 12.8 Å². The molecule has 1 unspecified atom stereocenters. The van der Waals surface area contributed by atoms with Gasteiger partial charge in [0.05, 0.1) is 0 Å². The predicted octanol–water partition coefficient (Wildman–Crippen LogP) is -0.481. The first-order valence-electron chi connectivity index (χ1n) is 4.28. The van der Waals surface area contributed by atoms with Crippen LogP contribution in [0.3, 0.4) is 0 Å². The Morgan fingerprint density at radius 3 is 2.38 bits per heavy atom. The first kappa shape index (κ1) is 10.9. The van der Waals surface area contributed by atoms with E-state index in [9.17, 15) is 8.42 Å². The number of nitrogens with two attached hydrogens (primary N) is 2. The molecule has 0 aliphatic carbocycles. The van der Waals surface area contributed by atoms with Gasteiger partial charge in [-0.2, -0.15) is 0 Å². The van der Waals surface area contributed by atoms with Crippen molar-refractivity contribution in [2.75, 3.05) is 6.61 Å². The molecule has 0 aromatic rings. The van der Waals surface area contributed by atoms with E-state index >= 15 is 0 Å². The first-order chi connectivity index (χ1) is 5.86. The second-order valence-electron chi connectivity index (χ2n) is 3.52. The molecular weight excluding hydrogens is 192 g/mol. The van der Waals surface area contributed by atoms with Gasteiger partial charge in [0.25, 0.3) is 0 Å². The van der Waals surface area contributed by atoms with E-state index < -0.39 is 20.3 Å². The van der Waals surface area contributed by atoms with Crippen molar-refractivity contribution >= 4 is 9.84 Å². The highest BCUT2D eigenvalue weighted by Crippen LogP contribution is 2.22. The summed E-state index contributed by atoms with van der Waals surface area (Å²) >= 11 is 0. The lowest BCUT2D eigenvalue weighted by atomic mass is 10.2. The van der Waals surface area contributed by atoms with Crippen LogP contribution in [-0.4, -0.2) is 25.5 Å². The van der Waals surface area contributed by atoms with Crippen LogP contribution in [-0.2, 0) is 14.6 Å². The van der Waals surface area contributed by atoms with Crippen molar-refractivity contribution in [2.24, 2.45) is 11.5 Å². The Balaban J connectivity index is 2.80. The Bertz CT molecular complexity index is 262. The van der Waals surface area contributed by atoms with Crippen molar-refractivity contribution in [3.05, 3.63) is 0 Å². The second-order valence-corrected chi connectivity index (χ2v) is 6.02. The lowest BCUT2D eigenvalue weighted by Crippen LogP contribution is -2.57. The van der Waals surface area contributed by atoms with Crippen LogP contribution in [0.4, 0.5) is 0 Å². The number of hydrogen-bond acceptors (Lipinski definition) is 5. The van der Waals surface area contributed by atoms with Gasteiger partial charge in [0.2, 0.25) is 9.84 Å². The Kier molecular flexibility index (Phi) is 2.96. The molecule has 13 heavy (non-hydrogen) atoms. The van der Waals surface area contributed by atoms with E-state index in [1.165, 1.54) is 6.92 Å². The molecule has 0 aromatic heterocycles. The van der Waals surface area contributed by atoms with Gasteiger partial charge in [0.15, 0.2) is 10.4 Å². The van der Waals surface area contributed by atoms with Crippen LogP contribution in [0.25, 0.3) is 0 Å². The molecule has 0 spiro atoms. The summed E-state index contributed by atoms with van der Waals surface area (Å²) in [5, 5.41) is 0. The first-order valence-corrected chi connectivity index (χ1v) is 5.83. The molecule has 0 aromatic carbocycles. The summed E-state index contributed by atoms with van der Waals surface area (Å²) in [6.45, 7) is 1.75. The Hall–Kier alpha value is -0.170. The lowest BCUT2D eigenvalue weighted by molar-refractivity contribution is 0.0645. The fraction of sp³-hybridized carbons (Fsp3) is 1.00. The molecule has 1 saturated heterocycles. The average molecular weight is 208 g/mol. The monoisotopic (exact) mass is 208 g/mol. The standard InChI is InChI=1S/C7H16N2O3S/c1-7(8,9)13(10,11)6-4-2-3-5-12-6/h6H,2-5,8-9H2,1H3. The predicted molar refractivity (Wildman–Crippen MR) is 49.3 cm³/mol. The minimum Gasteiger partial charge on any atom is -0.362 e. The van der Waals surface area contributed by atoms with E-state index in [0.29, 0.717) is 13.0 Å². The van der Waals surface area contributed by atoms with Crippen molar-refractivity contribution in [1.82, 2.24) is 0 Å². The zero-order chi connectivity index (χ0) is 10.1. The van der Waals surface area contributed by atoms with Crippen LogP contribution >= 0.6 is 0 Å². The van der Waals surface area contributed by atoms with Gasteiger partial charge in [0.1, 0.15) is 0 Å². The molecule has 1 aliphatic rings. The van der Waals surface area contributed by atoms with Crippen molar-refractivity contribution in [3.63, 3.8) is 0 Å². The van der Waals surface area contributed by atoms with E-state index in [-0.39, 0.29) is 0 Å². The smallest absolute Gasteiger partial charge is 0.208 e. The molecule has 1 aliphatic heterocycles. The number of rotatable bonds is 2. The third kappa shape index (κ3) is 2.19. The van der Waals surface area contributed by atoms with Crippen molar-refractivity contribution in [2.45, 2.75) is 36.6 Å². The molecule has 1 atom stereocenters. The summed E-state index contributed by atoms with van der Waals surface area (Å²) in [4.78, 5) is -1.70. The molecular formula is C7H16N2O3S. The van der Waals surface area contributed by atoms with Gasteiger partial charge in [0, 0.05) is 6.61 Å². The van der Waals surface area contributed by atoms with Crippen molar-refractivity contribution < 1.29 is 13.2 Å². The van der Waals surface area contributed by atoms with Crippen molar-refractivity contribution in [3.8, 4) is 0 Å². The SMILES string of the molecule is CC(N)(N)S(=O)(=O)C1CCCCO1. The normalized spacial score (nSPS) is 25.9. The van der Waals surface area contributed by atoms with Crippen LogP contribution in [0.5, 0.6) is 0 Å². The lowest BCUT2D eigenvalue weighted by Gasteiger charge is -2.28. The van der Waals surface area contributed by atoms with Gasteiger partial charge in [-0.25, -0.2) is 8.42 Å². The van der Waals surface area contributed by atoms with E-state index in [4.69, 9.17) is 16.2 Å². The Morgan fingerprint density at radius 1 is 1.38 bits per heavy atom. The third-order valence-corrected chi connectivity index (χ3v) is 4.39. The molecule has 1 rings (SSSR count). The number of ether oxygens (including phenoxy) is 1. The topological polar surface area (TPSA) is 95.4 Å². The molecule has 0 bridgehead atoms. The van der Waals surface area contributed by atoms with Crippen LogP contribution in [0.2, 0.25) is 0 Å². The van der Waals surface area contributed by atoms with Gasteiger partial charge in [-0.3, -0.25) is 0 Å². The van der Waals surface area contributed by atoms with Gasteiger partial charge in [-0.05, 0) is 26.2 Å². The molecule has 1 heterocycles. The minimum atomic E-state index is -3.57. The van der Waals surface area contributed by atoms with Gasteiger partial charge >= 0.3 is 0 Å². The number of sulfone groups is 1. The molecule has 78 valence electrons.